The molecule has 2 aromatic heterocycles. The van der Waals surface area contributed by atoms with Gasteiger partial charge in [0.15, 0.2) is 10.8 Å². The van der Waals surface area contributed by atoms with Crippen LogP contribution in [0.25, 0.3) is 10.3 Å². The monoisotopic (exact) mass is 210 g/mol. The topological polar surface area (TPSA) is 73.8 Å². The highest BCUT2D eigenvalue weighted by Gasteiger charge is 2.10. The third-order valence-electron chi connectivity index (χ3n) is 1.92. The summed E-state index contributed by atoms with van der Waals surface area (Å²) in [4.78, 5) is 19.8. The molecule has 5 nitrogen and oxygen atoms in total. The molecule has 0 saturated carbocycles. The molecule has 2 heterocycles. The maximum atomic E-state index is 11.8. The van der Waals surface area contributed by atoms with E-state index in [4.69, 9.17) is 5.73 Å². The average molecular weight is 210 g/mol. The summed E-state index contributed by atoms with van der Waals surface area (Å²) in [7, 11) is 0. The van der Waals surface area contributed by atoms with Crippen LogP contribution >= 0.6 is 11.3 Å². The predicted octanol–water partition coefficient (Wildman–Crippen LogP) is 1.02. The molecule has 0 spiro atoms. The molecule has 6 heteroatoms. The van der Waals surface area contributed by atoms with Crippen LogP contribution in [0.2, 0.25) is 0 Å². The molecular formula is C8H10N4OS. The average Bonchev–Trinajstić information content (AvgIpc) is 2.46. The second kappa shape index (κ2) is 3.06. The number of nitrogens with two attached hydrogens (primary N) is 1. The van der Waals surface area contributed by atoms with Crippen molar-refractivity contribution in [1.29, 1.82) is 0 Å². The van der Waals surface area contributed by atoms with E-state index in [1.807, 2.05) is 13.8 Å². The van der Waals surface area contributed by atoms with Gasteiger partial charge in [-0.3, -0.25) is 9.36 Å². The van der Waals surface area contributed by atoms with E-state index in [0.717, 1.165) is 0 Å². The van der Waals surface area contributed by atoms with Crippen LogP contribution in [0.5, 0.6) is 0 Å². The smallest absolute Gasteiger partial charge is 0.273 e. The number of hydrogen-bond donors (Lipinski definition) is 1. The molecule has 2 N–H and O–H groups in total. The van der Waals surface area contributed by atoms with E-state index >= 15 is 0 Å². The minimum Gasteiger partial charge on any atom is -0.375 e. The van der Waals surface area contributed by atoms with E-state index in [1.54, 1.807) is 4.57 Å². The summed E-state index contributed by atoms with van der Waals surface area (Å²) in [5.41, 5.74) is 5.87. The summed E-state index contributed by atoms with van der Waals surface area (Å²) in [6.45, 7) is 3.86. The van der Waals surface area contributed by atoms with Crippen molar-refractivity contribution in [2.24, 2.45) is 0 Å². The van der Waals surface area contributed by atoms with E-state index in [0.29, 0.717) is 15.5 Å². The van der Waals surface area contributed by atoms with Crippen LogP contribution in [0.1, 0.15) is 19.9 Å². The van der Waals surface area contributed by atoms with Gasteiger partial charge in [-0.05, 0) is 13.8 Å². The Morgan fingerprint density at radius 2 is 2.29 bits per heavy atom. The van der Waals surface area contributed by atoms with Crippen molar-refractivity contribution in [1.82, 2.24) is 14.5 Å². The van der Waals surface area contributed by atoms with Crippen LogP contribution in [-0.2, 0) is 0 Å². The minimum atomic E-state index is -0.0702. The van der Waals surface area contributed by atoms with Crippen LogP contribution in [-0.4, -0.2) is 14.5 Å². The molecular weight excluding hydrogens is 200 g/mol. The van der Waals surface area contributed by atoms with Crippen molar-refractivity contribution in [2.75, 3.05) is 5.73 Å². The van der Waals surface area contributed by atoms with Gasteiger partial charge in [0, 0.05) is 6.04 Å². The van der Waals surface area contributed by atoms with Crippen LogP contribution in [0.15, 0.2) is 11.1 Å². The number of anilines is 1. The SMILES string of the molecule is CC(C)n1cnc2nc(N)sc2c1=O. The quantitative estimate of drug-likeness (QED) is 0.762. The molecule has 0 atom stereocenters. The van der Waals surface area contributed by atoms with Gasteiger partial charge in [0.05, 0.1) is 0 Å². The molecule has 2 aromatic rings. The molecule has 0 amide bonds. The molecule has 0 unspecified atom stereocenters. The van der Waals surface area contributed by atoms with Crippen LogP contribution in [0.4, 0.5) is 5.13 Å². The number of rotatable bonds is 1. The Labute approximate surface area is 84.2 Å². The Kier molecular flexibility index (Phi) is 1.99. The number of nitrogens with zero attached hydrogens (tertiary/aromatic N) is 3. The van der Waals surface area contributed by atoms with E-state index in [-0.39, 0.29) is 11.6 Å². The lowest BCUT2D eigenvalue weighted by Crippen LogP contribution is -2.21. The van der Waals surface area contributed by atoms with Gasteiger partial charge in [-0.2, -0.15) is 0 Å². The molecule has 74 valence electrons. The van der Waals surface area contributed by atoms with Gasteiger partial charge < -0.3 is 5.73 Å². The van der Waals surface area contributed by atoms with Crippen LogP contribution in [0.3, 0.4) is 0 Å². The van der Waals surface area contributed by atoms with Gasteiger partial charge >= 0.3 is 0 Å². The Balaban J connectivity index is 2.81. The third kappa shape index (κ3) is 1.27. The minimum absolute atomic E-state index is 0.0702. The van der Waals surface area contributed by atoms with E-state index in [1.165, 1.54) is 17.7 Å². The van der Waals surface area contributed by atoms with Gasteiger partial charge in [0.2, 0.25) is 0 Å². The second-order valence-electron chi connectivity index (χ2n) is 3.26. The summed E-state index contributed by atoms with van der Waals surface area (Å²) in [5.74, 6) is 0. The Bertz CT molecular complexity index is 528. The van der Waals surface area contributed by atoms with Gasteiger partial charge in [-0.1, -0.05) is 11.3 Å². The van der Waals surface area contributed by atoms with Gasteiger partial charge in [0.25, 0.3) is 5.56 Å². The molecule has 0 fully saturated rings. The second-order valence-corrected chi connectivity index (χ2v) is 4.29. The molecule has 0 radical (unpaired) electrons. The number of hydrogen-bond acceptors (Lipinski definition) is 5. The zero-order chi connectivity index (χ0) is 10.3. The van der Waals surface area contributed by atoms with Crippen molar-refractivity contribution < 1.29 is 0 Å². The first-order valence-electron chi connectivity index (χ1n) is 4.22. The summed E-state index contributed by atoms with van der Waals surface area (Å²) in [6, 6.07) is 0.0997. The highest BCUT2D eigenvalue weighted by Crippen LogP contribution is 2.18. The zero-order valence-electron chi connectivity index (χ0n) is 7.89. The van der Waals surface area contributed by atoms with Gasteiger partial charge in [-0.15, -0.1) is 0 Å². The lowest BCUT2D eigenvalue weighted by molar-refractivity contribution is 0.573. The molecule has 0 aliphatic heterocycles. The lowest BCUT2D eigenvalue weighted by Gasteiger charge is -2.06. The van der Waals surface area contributed by atoms with Crippen molar-refractivity contribution in [2.45, 2.75) is 19.9 Å². The molecule has 0 bridgehead atoms. The highest BCUT2D eigenvalue weighted by molar-refractivity contribution is 7.21. The molecule has 0 aliphatic carbocycles. The van der Waals surface area contributed by atoms with Crippen LogP contribution < -0.4 is 11.3 Å². The summed E-state index contributed by atoms with van der Waals surface area (Å²) >= 11 is 1.18. The fourth-order valence-electron chi connectivity index (χ4n) is 1.21. The van der Waals surface area contributed by atoms with E-state index in [2.05, 4.69) is 9.97 Å². The maximum absolute atomic E-state index is 11.8. The standard InChI is InChI=1S/C8H10N4OS/c1-4(2)12-3-10-6-5(7(12)13)14-8(9)11-6/h3-4H,1-2H3,(H2,9,11). The molecule has 14 heavy (non-hydrogen) atoms. The first-order valence-corrected chi connectivity index (χ1v) is 5.04. The Morgan fingerprint density at radius 3 is 2.93 bits per heavy atom. The van der Waals surface area contributed by atoms with E-state index in [9.17, 15) is 4.79 Å². The first-order chi connectivity index (χ1) is 6.59. The normalized spacial score (nSPS) is 11.4. The number of thiazole rings is 1. The summed E-state index contributed by atoms with van der Waals surface area (Å²) in [5, 5.41) is 0.381. The number of fused-ring (bicyclic) bond motifs is 1. The zero-order valence-corrected chi connectivity index (χ0v) is 8.71. The molecule has 0 aliphatic rings. The Hall–Kier alpha value is -1.43. The summed E-state index contributed by atoms with van der Waals surface area (Å²) < 4.78 is 2.10. The van der Waals surface area contributed by atoms with E-state index < -0.39 is 0 Å². The van der Waals surface area contributed by atoms with Gasteiger partial charge in [0.1, 0.15) is 11.0 Å². The summed E-state index contributed by atoms with van der Waals surface area (Å²) in [6.07, 6.45) is 1.51. The molecule has 2 rings (SSSR count). The predicted molar refractivity (Wildman–Crippen MR) is 56.5 cm³/mol. The molecule has 0 saturated heterocycles. The van der Waals surface area contributed by atoms with Gasteiger partial charge in [-0.25, -0.2) is 9.97 Å². The first kappa shape index (κ1) is 9.14. The molecule has 0 aromatic carbocycles. The van der Waals surface area contributed by atoms with Crippen molar-refractivity contribution in [3.05, 3.63) is 16.7 Å². The largest absolute Gasteiger partial charge is 0.375 e. The fraction of sp³-hybridized carbons (Fsp3) is 0.375. The van der Waals surface area contributed by atoms with Crippen molar-refractivity contribution in [3.8, 4) is 0 Å². The third-order valence-corrected chi connectivity index (χ3v) is 2.78. The fourth-order valence-corrected chi connectivity index (χ4v) is 1.93. The highest BCUT2D eigenvalue weighted by atomic mass is 32.1. The van der Waals surface area contributed by atoms with Crippen molar-refractivity contribution >= 4 is 26.8 Å². The number of aromatic nitrogens is 3. The lowest BCUT2D eigenvalue weighted by atomic mass is 10.4. The maximum Gasteiger partial charge on any atom is 0.273 e. The Morgan fingerprint density at radius 1 is 1.57 bits per heavy atom. The van der Waals surface area contributed by atoms with Crippen molar-refractivity contribution in [3.63, 3.8) is 0 Å². The van der Waals surface area contributed by atoms with Crippen LogP contribution in [0, 0.1) is 0 Å². The number of nitrogen functional groups attached to an aromatic ring is 1.